The Morgan fingerprint density at radius 2 is 2.00 bits per heavy atom. The Morgan fingerprint density at radius 1 is 1.35 bits per heavy atom. The molecule has 1 unspecified atom stereocenters. The summed E-state index contributed by atoms with van der Waals surface area (Å²) in [5, 5.41) is 29.2. The Morgan fingerprint density at radius 3 is 2.52 bits per heavy atom. The molecule has 0 aliphatic rings. The number of nitro benzene ring substituents is 1. The zero-order chi connectivity index (χ0) is 17.3. The summed E-state index contributed by atoms with van der Waals surface area (Å²) in [6.07, 6.45) is 0. The average Bonchev–Trinajstić information content (AvgIpc) is 2.84. The molecule has 1 atom stereocenters. The van der Waals surface area contributed by atoms with Gasteiger partial charge in [0, 0.05) is 17.7 Å². The van der Waals surface area contributed by atoms with E-state index in [9.17, 15) is 29.6 Å². The highest BCUT2D eigenvalue weighted by atomic mass is 32.1. The van der Waals surface area contributed by atoms with Crippen molar-refractivity contribution in [1.82, 2.24) is 4.57 Å². The van der Waals surface area contributed by atoms with Crippen LogP contribution in [-0.2, 0) is 4.79 Å². The molecule has 2 N–H and O–H groups in total. The first kappa shape index (κ1) is 16.4. The SMILES string of the molecule is CC(C(=O)O)n1c(-c2cccc([N+](=O)[O-])c2)c(C(=O)O)sc1=O. The molecule has 0 bridgehead atoms. The third-order valence-corrected chi connectivity index (χ3v) is 4.05. The molecule has 0 saturated carbocycles. The summed E-state index contributed by atoms with van der Waals surface area (Å²) in [6.45, 7) is 1.23. The normalized spacial score (nSPS) is 11.9. The predicted octanol–water partition coefficient (Wildman–Crippen LogP) is 1.83. The molecule has 1 aromatic carbocycles. The third kappa shape index (κ3) is 2.97. The highest BCUT2D eigenvalue weighted by Crippen LogP contribution is 2.30. The molecule has 0 saturated heterocycles. The van der Waals surface area contributed by atoms with Gasteiger partial charge in [0.2, 0.25) is 0 Å². The van der Waals surface area contributed by atoms with E-state index < -0.39 is 27.8 Å². The van der Waals surface area contributed by atoms with Gasteiger partial charge in [0.1, 0.15) is 10.9 Å². The Kier molecular flexibility index (Phi) is 4.27. The van der Waals surface area contributed by atoms with E-state index in [0.717, 1.165) is 10.6 Å². The van der Waals surface area contributed by atoms with E-state index in [2.05, 4.69) is 0 Å². The number of nitrogens with zero attached hydrogens (tertiary/aromatic N) is 2. The maximum Gasteiger partial charge on any atom is 0.348 e. The molecule has 0 radical (unpaired) electrons. The number of nitro groups is 1. The zero-order valence-corrected chi connectivity index (χ0v) is 12.4. The molecule has 0 amide bonds. The minimum atomic E-state index is -1.41. The van der Waals surface area contributed by atoms with Gasteiger partial charge < -0.3 is 10.2 Å². The van der Waals surface area contributed by atoms with Crippen LogP contribution in [0.1, 0.15) is 22.6 Å². The maximum absolute atomic E-state index is 12.0. The van der Waals surface area contributed by atoms with Gasteiger partial charge in [-0.15, -0.1) is 0 Å². The van der Waals surface area contributed by atoms with Gasteiger partial charge in [-0.05, 0) is 6.92 Å². The molecular weight excluding hydrogens is 328 g/mol. The van der Waals surface area contributed by atoms with Crippen molar-refractivity contribution in [2.75, 3.05) is 0 Å². The first-order valence-corrected chi connectivity index (χ1v) is 7.02. The number of hydrogen-bond acceptors (Lipinski definition) is 6. The van der Waals surface area contributed by atoms with Gasteiger partial charge in [-0.2, -0.15) is 0 Å². The van der Waals surface area contributed by atoms with Crippen molar-refractivity contribution in [2.24, 2.45) is 0 Å². The summed E-state index contributed by atoms with van der Waals surface area (Å²) in [7, 11) is 0. The number of aromatic carboxylic acids is 1. The highest BCUT2D eigenvalue weighted by Gasteiger charge is 2.28. The lowest BCUT2D eigenvalue weighted by Gasteiger charge is -2.12. The zero-order valence-electron chi connectivity index (χ0n) is 11.6. The number of hydrogen-bond donors (Lipinski definition) is 2. The van der Waals surface area contributed by atoms with Gasteiger partial charge in [-0.1, -0.05) is 23.5 Å². The molecule has 10 heteroatoms. The summed E-state index contributed by atoms with van der Waals surface area (Å²) in [5.74, 6) is -2.74. The molecule has 2 rings (SSSR count). The van der Waals surface area contributed by atoms with Crippen molar-refractivity contribution in [3.8, 4) is 11.3 Å². The van der Waals surface area contributed by atoms with Crippen LogP contribution >= 0.6 is 11.3 Å². The van der Waals surface area contributed by atoms with Crippen LogP contribution in [0.3, 0.4) is 0 Å². The van der Waals surface area contributed by atoms with Gasteiger partial charge in [-0.25, -0.2) is 9.59 Å². The number of aromatic nitrogens is 1. The van der Waals surface area contributed by atoms with E-state index in [0.29, 0.717) is 11.3 Å². The fraction of sp³-hybridized carbons (Fsp3) is 0.154. The lowest BCUT2D eigenvalue weighted by atomic mass is 10.1. The Labute approximate surface area is 132 Å². The molecular formula is C13H10N2O7S. The van der Waals surface area contributed by atoms with Crippen molar-refractivity contribution in [1.29, 1.82) is 0 Å². The molecule has 1 heterocycles. The minimum Gasteiger partial charge on any atom is -0.480 e. The largest absolute Gasteiger partial charge is 0.480 e. The summed E-state index contributed by atoms with van der Waals surface area (Å²) >= 11 is 0.379. The summed E-state index contributed by atoms with van der Waals surface area (Å²) in [4.78, 5) is 43.6. The lowest BCUT2D eigenvalue weighted by Crippen LogP contribution is -2.24. The van der Waals surface area contributed by atoms with E-state index >= 15 is 0 Å². The number of non-ortho nitro benzene ring substituents is 1. The number of rotatable bonds is 5. The average molecular weight is 338 g/mol. The summed E-state index contributed by atoms with van der Waals surface area (Å²) in [5.41, 5.74) is -0.374. The molecule has 23 heavy (non-hydrogen) atoms. The topological polar surface area (TPSA) is 140 Å². The number of thiazole rings is 1. The molecule has 2 aromatic rings. The van der Waals surface area contributed by atoms with Crippen LogP contribution in [0.4, 0.5) is 5.69 Å². The Bertz CT molecular complexity index is 867. The van der Waals surface area contributed by atoms with Crippen LogP contribution in [0.5, 0.6) is 0 Å². The smallest absolute Gasteiger partial charge is 0.348 e. The number of carbonyl (C=O) groups is 2. The second-order valence-corrected chi connectivity index (χ2v) is 5.50. The molecule has 1 aromatic heterocycles. The number of carboxylic acid groups (broad SMARTS) is 2. The molecule has 120 valence electrons. The van der Waals surface area contributed by atoms with E-state index in [1.165, 1.54) is 25.1 Å². The lowest BCUT2D eigenvalue weighted by molar-refractivity contribution is -0.384. The van der Waals surface area contributed by atoms with Crippen molar-refractivity contribution in [2.45, 2.75) is 13.0 Å². The van der Waals surface area contributed by atoms with Crippen LogP contribution < -0.4 is 4.87 Å². The quantitative estimate of drug-likeness (QED) is 0.626. The molecule has 9 nitrogen and oxygen atoms in total. The van der Waals surface area contributed by atoms with E-state index in [-0.39, 0.29) is 21.8 Å². The molecule has 0 aliphatic carbocycles. The predicted molar refractivity (Wildman–Crippen MR) is 80.0 cm³/mol. The summed E-state index contributed by atoms with van der Waals surface area (Å²) in [6, 6.07) is 3.70. The van der Waals surface area contributed by atoms with Crippen molar-refractivity contribution >= 4 is 29.0 Å². The number of benzene rings is 1. The molecule has 0 aliphatic heterocycles. The molecule has 0 spiro atoms. The minimum absolute atomic E-state index is 0.0862. The standard InChI is InChI=1S/C13H10N2O7S/c1-6(11(16)17)14-9(10(12(18)19)23-13(14)20)7-3-2-4-8(5-7)15(21)22/h2-6H,1H3,(H,16,17)(H,18,19). The van der Waals surface area contributed by atoms with Gasteiger partial charge >= 0.3 is 16.8 Å². The fourth-order valence-corrected chi connectivity index (χ4v) is 2.95. The molecule has 0 fully saturated rings. The third-order valence-electron chi connectivity index (χ3n) is 3.11. The number of carboxylic acids is 2. The Balaban J connectivity index is 2.81. The van der Waals surface area contributed by atoms with Crippen LogP contribution in [-0.4, -0.2) is 31.6 Å². The Hall–Kier alpha value is -3.01. The van der Waals surface area contributed by atoms with Crippen LogP contribution in [0.15, 0.2) is 29.1 Å². The highest BCUT2D eigenvalue weighted by molar-refractivity contribution is 7.11. The van der Waals surface area contributed by atoms with Crippen molar-refractivity contribution in [3.63, 3.8) is 0 Å². The summed E-state index contributed by atoms with van der Waals surface area (Å²) < 4.78 is 0.815. The monoisotopic (exact) mass is 338 g/mol. The van der Waals surface area contributed by atoms with Crippen LogP contribution in [0, 0.1) is 10.1 Å². The first-order chi connectivity index (χ1) is 10.7. The number of aliphatic carboxylic acids is 1. The fourth-order valence-electron chi connectivity index (χ4n) is 2.03. The van der Waals surface area contributed by atoms with Gasteiger partial charge in [-0.3, -0.25) is 19.5 Å². The first-order valence-electron chi connectivity index (χ1n) is 6.20. The van der Waals surface area contributed by atoms with E-state index in [4.69, 9.17) is 5.11 Å². The second-order valence-electron chi connectivity index (χ2n) is 4.54. The van der Waals surface area contributed by atoms with Gasteiger partial charge in [0.15, 0.2) is 0 Å². The van der Waals surface area contributed by atoms with Crippen molar-refractivity contribution < 1.29 is 24.7 Å². The second kappa shape index (κ2) is 6.01. The van der Waals surface area contributed by atoms with E-state index in [1.54, 1.807) is 0 Å². The van der Waals surface area contributed by atoms with Crippen molar-refractivity contribution in [3.05, 3.63) is 48.9 Å². The van der Waals surface area contributed by atoms with Gasteiger partial charge in [0.25, 0.3) is 5.69 Å². The van der Waals surface area contributed by atoms with Crippen LogP contribution in [0.2, 0.25) is 0 Å². The maximum atomic E-state index is 12.0. The van der Waals surface area contributed by atoms with E-state index in [1.807, 2.05) is 0 Å². The van der Waals surface area contributed by atoms with Crippen LogP contribution in [0.25, 0.3) is 11.3 Å². The van der Waals surface area contributed by atoms with Gasteiger partial charge in [0.05, 0.1) is 10.6 Å².